The van der Waals surface area contributed by atoms with Gasteiger partial charge in [0, 0.05) is 30.4 Å². The second-order valence-corrected chi connectivity index (χ2v) is 9.09. The maximum Gasteiger partial charge on any atom is 0.350 e. The van der Waals surface area contributed by atoms with Crippen molar-refractivity contribution in [2.45, 2.75) is 45.3 Å². The summed E-state index contributed by atoms with van der Waals surface area (Å²) >= 11 is 3.36. The molecule has 1 aliphatic heterocycles. The summed E-state index contributed by atoms with van der Waals surface area (Å²) in [5, 5.41) is 10.1. The Kier molecular flexibility index (Phi) is 6.45. The summed E-state index contributed by atoms with van der Waals surface area (Å²) < 4.78 is 10.8. The van der Waals surface area contributed by atoms with E-state index in [0.717, 1.165) is 16.2 Å². The van der Waals surface area contributed by atoms with Crippen molar-refractivity contribution in [3.8, 4) is 0 Å². The summed E-state index contributed by atoms with van der Waals surface area (Å²) in [4.78, 5) is 49.6. The van der Waals surface area contributed by atoms with E-state index in [1.165, 1.54) is 13.8 Å². The summed E-state index contributed by atoms with van der Waals surface area (Å²) in [7, 11) is 0. The molecular weight excluding hydrogens is 484 g/mol. The molecule has 1 heterocycles. The van der Waals surface area contributed by atoms with Crippen molar-refractivity contribution in [3.63, 3.8) is 0 Å². The first-order chi connectivity index (χ1) is 15.0. The van der Waals surface area contributed by atoms with Crippen LogP contribution in [0.15, 0.2) is 52.2 Å². The number of benzene rings is 1. The van der Waals surface area contributed by atoms with Crippen LogP contribution < -0.4 is 10.9 Å². The van der Waals surface area contributed by atoms with Crippen molar-refractivity contribution in [2.24, 2.45) is 5.41 Å². The van der Waals surface area contributed by atoms with Crippen molar-refractivity contribution >= 4 is 39.7 Å². The predicted octanol–water partition coefficient (Wildman–Crippen LogP) is 2.68. The minimum Gasteiger partial charge on any atom is -0.480 e. The summed E-state index contributed by atoms with van der Waals surface area (Å²) in [5.74, 6) is -5.96. The molecule has 1 saturated heterocycles. The molecule has 0 saturated carbocycles. The number of hydrazine groups is 1. The number of ether oxygens (including phenoxy) is 2. The molecule has 0 spiro atoms. The number of carbonyl (C=O) groups is 4. The smallest absolute Gasteiger partial charge is 0.350 e. The van der Waals surface area contributed by atoms with Crippen LogP contribution in [0.4, 0.5) is 0 Å². The lowest BCUT2D eigenvalue weighted by Crippen LogP contribution is -2.54. The molecule has 1 aliphatic carbocycles. The Morgan fingerprint density at radius 1 is 1.16 bits per heavy atom. The number of halogens is 1. The molecule has 9 nitrogen and oxygen atoms in total. The number of cyclic esters (lactones) is 2. The molecule has 1 aromatic carbocycles. The molecular formula is C22H23BrN2O7. The zero-order valence-corrected chi connectivity index (χ0v) is 19.3. The van der Waals surface area contributed by atoms with Gasteiger partial charge in [0.1, 0.15) is 0 Å². The van der Waals surface area contributed by atoms with Gasteiger partial charge < -0.3 is 20.0 Å². The van der Waals surface area contributed by atoms with Crippen molar-refractivity contribution in [1.29, 1.82) is 0 Å². The number of carboxylic acids is 1. The van der Waals surface area contributed by atoms with Gasteiger partial charge in [-0.3, -0.25) is 15.0 Å². The van der Waals surface area contributed by atoms with Gasteiger partial charge in [0.15, 0.2) is 11.0 Å². The van der Waals surface area contributed by atoms with Crippen LogP contribution in [0.5, 0.6) is 0 Å². The second-order valence-electron chi connectivity index (χ2n) is 8.17. The highest BCUT2D eigenvalue weighted by Gasteiger charge is 2.54. The third-order valence-corrected chi connectivity index (χ3v) is 6.00. The van der Waals surface area contributed by atoms with E-state index in [2.05, 4.69) is 26.8 Å². The topological polar surface area (TPSA) is 131 Å². The lowest BCUT2D eigenvalue weighted by Gasteiger charge is -2.38. The number of carbonyl (C=O) groups excluding carboxylic acids is 3. The fourth-order valence-corrected chi connectivity index (χ4v) is 4.07. The molecule has 0 aromatic heterocycles. The van der Waals surface area contributed by atoms with Gasteiger partial charge in [0.25, 0.3) is 11.7 Å². The monoisotopic (exact) mass is 506 g/mol. The Balaban J connectivity index is 1.85. The zero-order chi connectivity index (χ0) is 23.7. The van der Waals surface area contributed by atoms with E-state index in [9.17, 15) is 24.3 Å². The van der Waals surface area contributed by atoms with E-state index in [-0.39, 0.29) is 6.42 Å². The van der Waals surface area contributed by atoms with Gasteiger partial charge in [-0.2, -0.15) is 0 Å². The van der Waals surface area contributed by atoms with Gasteiger partial charge in [-0.05, 0) is 37.5 Å². The molecule has 0 bridgehead atoms. The average molecular weight is 507 g/mol. The molecule has 1 fully saturated rings. The Hall–Kier alpha value is -3.14. The van der Waals surface area contributed by atoms with E-state index in [1.807, 2.05) is 6.92 Å². The summed E-state index contributed by atoms with van der Waals surface area (Å²) in [6.45, 7) is 4.71. The molecule has 32 heavy (non-hydrogen) atoms. The molecule has 3 rings (SSSR count). The summed E-state index contributed by atoms with van der Waals surface area (Å²) in [6, 6.07) is 7.14. The number of rotatable bonds is 5. The molecule has 10 heteroatoms. The zero-order valence-electron chi connectivity index (χ0n) is 17.7. The molecule has 2 atom stereocenters. The lowest BCUT2D eigenvalue weighted by atomic mass is 9.64. The van der Waals surface area contributed by atoms with Crippen LogP contribution in [-0.4, -0.2) is 34.7 Å². The van der Waals surface area contributed by atoms with Gasteiger partial charge in [-0.25, -0.2) is 9.59 Å². The highest BCUT2D eigenvalue weighted by Crippen LogP contribution is 2.47. The normalized spacial score (nSPS) is 24.6. The molecule has 3 N–H and O–H groups in total. The Morgan fingerprint density at radius 3 is 2.31 bits per heavy atom. The lowest BCUT2D eigenvalue weighted by molar-refractivity contribution is -0.222. The van der Waals surface area contributed by atoms with E-state index >= 15 is 0 Å². The van der Waals surface area contributed by atoms with Gasteiger partial charge in [-0.1, -0.05) is 39.7 Å². The summed E-state index contributed by atoms with van der Waals surface area (Å²) in [5.41, 5.74) is 4.10. The molecule has 2 unspecified atom stereocenters. The molecule has 1 amide bonds. The van der Waals surface area contributed by atoms with Crippen LogP contribution in [-0.2, 0) is 28.7 Å². The average Bonchev–Trinajstić information content (AvgIpc) is 2.69. The number of allylic oxidation sites excluding steroid dienone is 2. The minimum atomic E-state index is -1.80. The van der Waals surface area contributed by atoms with Crippen molar-refractivity contribution in [1.82, 2.24) is 10.9 Å². The Labute approximate surface area is 192 Å². The number of esters is 2. The Bertz CT molecular complexity index is 1010. The fraction of sp³-hybridized carbons (Fsp3) is 0.364. The van der Waals surface area contributed by atoms with Crippen LogP contribution in [0.1, 0.15) is 45.1 Å². The molecule has 0 radical (unpaired) electrons. The highest BCUT2D eigenvalue weighted by atomic mass is 79.9. The molecule has 2 aliphatic rings. The maximum absolute atomic E-state index is 13.2. The highest BCUT2D eigenvalue weighted by molar-refractivity contribution is 9.10. The summed E-state index contributed by atoms with van der Waals surface area (Å²) in [6.07, 6.45) is 3.03. The van der Waals surface area contributed by atoms with E-state index < -0.39 is 46.5 Å². The van der Waals surface area contributed by atoms with E-state index in [1.54, 1.807) is 30.3 Å². The number of hydrogen-bond donors (Lipinski definition) is 3. The van der Waals surface area contributed by atoms with Gasteiger partial charge >= 0.3 is 17.9 Å². The van der Waals surface area contributed by atoms with Crippen LogP contribution in [0.3, 0.4) is 0 Å². The number of aliphatic carboxylic acids is 1. The van der Waals surface area contributed by atoms with Crippen LogP contribution in [0.25, 0.3) is 0 Å². The first kappa shape index (κ1) is 23.5. The minimum absolute atomic E-state index is 0.0166. The van der Waals surface area contributed by atoms with Crippen molar-refractivity contribution < 1.29 is 33.8 Å². The van der Waals surface area contributed by atoms with Gasteiger partial charge in [0.05, 0.1) is 0 Å². The van der Waals surface area contributed by atoms with Crippen molar-refractivity contribution in [2.75, 3.05) is 0 Å². The van der Waals surface area contributed by atoms with Crippen LogP contribution >= 0.6 is 15.9 Å². The first-order valence-corrected chi connectivity index (χ1v) is 10.6. The predicted molar refractivity (Wildman–Crippen MR) is 116 cm³/mol. The van der Waals surface area contributed by atoms with E-state index in [0.29, 0.717) is 12.0 Å². The standard InChI is InChI=1S/C22H23BrN2O7/c1-12-8-9-22(20(29)30,16(10-12)13-4-6-14(23)7-5-13)19(28)25-24-11-15-17(26)31-21(2,3)32-18(15)27/h4-8,11,16,24H,9-10H2,1-3H3,(H,25,28)(H,29,30). The third kappa shape index (κ3) is 4.55. The largest absolute Gasteiger partial charge is 0.480 e. The van der Waals surface area contributed by atoms with Gasteiger partial charge in [-0.15, -0.1) is 0 Å². The quantitative estimate of drug-likeness (QED) is 0.139. The van der Waals surface area contributed by atoms with Crippen LogP contribution in [0.2, 0.25) is 0 Å². The third-order valence-electron chi connectivity index (χ3n) is 5.47. The second kappa shape index (κ2) is 8.78. The number of carboxylic acid groups (broad SMARTS) is 1. The fourth-order valence-electron chi connectivity index (χ4n) is 3.80. The van der Waals surface area contributed by atoms with Crippen LogP contribution in [0, 0.1) is 5.41 Å². The maximum atomic E-state index is 13.2. The Morgan fingerprint density at radius 2 is 1.75 bits per heavy atom. The first-order valence-electron chi connectivity index (χ1n) is 9.83. The van der Waals surface area contributed by atoms with Gasteiger partial charge in [0.2, 0.25) is 0 Å². The van der Waals surface area contributed by atoms with Crippen molar-refractivity contribution in [3.05, 3.63) is 57.7 Å². The SMILES string of the molecule is CC1=CCC(C(=O)O)(C(=O)NNC=C2C(=O)OC(C)(C)OC2=O)C(c2ccc(Br)cc2)C1. The van der Waals surface area contributed by atoms with E-state index in [4.69, 9.17) is 9.47 Å². The number of amides is 1. The number of hydrogen-bond acceptors (Lipinski definition) is 7. The molecule has 170 valence electrons. The molecule has 1 aromatic rings. The number of nitrogens with one attached hydrogen (secondary N) is 2.